The standard InChI is InChI=1S/C9H18ClNO3S/c1-8(5-10)6-11-15(12,13)7-9-3-2-4-14-9/h8-9,11H,2-7H2,1H3. The van der Waals surface area contributed by atoms with Crippen LogP contribution in [-0.4, -0.2) is 39.3 Å². The summed E-state index contributed by atoms with van der Waals surface area (Å²) in [4.78, 5) is 0. The highest BCUT2D eigenvalue weighted by Gasteiger charge is 2.23. The maximum Gasteiger partial charge on any atom is 0.214 e. The Morgan fingerprint density at radius 3 is 2.87 bits per heavy atom. The Labute approximate surface area is 96.4 Å². The largest absolute Gasteiger partial charge is 0.377 e. The Hall–Kier alpha value is 0.160. The van der Waals surface area contributed by atoms with Gasteiger partial charge in [-0.15, -0.1) is 11.6 Å². The molecule has 0 amide bonds. The summed E-state index contributed by atoms with van der Waals surface area (Å²) >= 11 is 5.59. The highest BCUT2D eigenvalue weighted by Crippen LogP contribution is 2.13. The van der Waals surface area contributed by atoms with Gasteiger partial charge in [0, 0.05) is 19.0 Å². The van der Waals surface area contributed by atoms with E-state index in [1.807, 2.05) is 6.92 Å². The second-order valence-corrected chi connectivity index (χ2v) is 6.18. The van der Waals surface area contributed by atoms with Gasteiger partial charge in [-0.1, -0.05) is 6.92 Å². The Morgan fingerprint density at radius 2 is 2.33 bits per heavy atom. The third-order valence-electron chi connectivity index (χ3n) is 2.34. The minimum absolute atomic E-state index is 0.0714. The van der Waals surface area contributed by atoms with Crippen molar-refractivity contribution < 1.29 is 13.2 Å². The lowest BCUT2D eigenvalue weighted by atomic mass is 10.2. The van der Waals surface area contributed by atoms with Crippen LogP contribution in [0.15, 0.2) is 0 Å². The molecule has 1 saturated heterocycles. The van der Waals surface area contributed by atoms with Crippen LogP contribution in [0.25, 0.3) is 0 Å². The number of ether oxygens (including phenoxy) is 1. The lowest BCUT2D eigenvalue weighted by Gasteiger charge is -2.13. The van der Waals surface area contributed by atoms with E-state index >= 15 is 0 Å². The van der Waals surface area contributed by atoms with E-state index in [-0.39, 0.29) is 17.8 Å². The fourth-order valence-corrected chi connectivity index (χ4v) is 2.92. The minimum Gasteiger partial charge on any atom is -0.377 e. The van der Waals surface area contributed by atoms with Crippen molar-refractivity contribution in [2.24, 2.45) is 5.92 Å². The first-order chi connectivity index (χ1) is 7.03. The first-order valence-electron chi connectivity index (χ1n) is 5.18. The molecule has 0 aromatic heterocycles. The van der Waals surface area contributed by atoms with Crippen molar-refractivity contribution in [2.75, 3.05) is 24.8 Å². The van der Waals surface area contributed by atoms with Gasteiger partial charge in [0.2, 0.25) is 10.0 Å². The van der Waals surface area contributed by atoms with Gasteiger partial charge in [0.05, 0.1) is 11.9 Å². The van der Waals surface area contributed by atoms with Gasteiger partial charge in [-0.2, -0.15) is 0 Å². The number of hydrogen-bond acceptors (Lipinski definition) is 3. The van der Waals surface area contributed by atoms with Crippen LogP contribution in [0, 0.1) is 5.92 Å². The Morgan fingerprint density at radius 1 is 1.60 bits per heavy atom. The second-order valence-electron chi connectivity index (χ2n) is 4.02. The number of sulfonamides is 1. The molecule has 2 atom stereocenters. The van der Waals surface area contributed by atoms with E-state index in [0.717, 1.165) is 12.8 Å². The lowest BCUT2D eigenvalue weighted by molar-refractivity contribution is 0.127. The van der Waals surface area contributed by atoms with Crippen LogP contribution in [0.4, 0.5) is 0 Å². The molecule has 15 heavy (non-hydrogen) atoms. The first kappa shape index (κ1) is 13.2. The molecular weight excluding hydrogens is 238 g/mol. The van der Waals surface area contributed by atoms with Crippen LogP contribution in [0.2, 0.25) is 0 Å². The van der Waals surface area contributed by atoms with Gasteiger partial charge in [-0.3, -0.25) is 0 Å². The van der Waals surface area contributed by atoms with Crippen LogP contribution >= 0.6 is 11.6 Å². The van der Waals surface area contributed by atoms with Crippen molar-refractivity contribution in [3.05, 3.63) is 0 Å². The van der Waals surface area contributed by atoms with E-state index < -0.39 is 10.0 Å². The number of hydrogen-bond donors (Lipinski definition) is 1. The van der Waals surface area contributed by atoms with Crippen molar-refractivity contribution in [3.63, 3.8) is 0 Å². The summed E-state index contributed by atoms with van der Waals surface area (Å²) in [6, 6.07) is 0. The van der Waals surface area contributed by atoms with Crippen LogP contribution in [0.1, 0.15) is 19.8 Å². The third kappa shape index (κ3) is 5.15. The summed E-state index contributed by atoms with van der Waals surface area (Å²) in [5.41, 5.74) is 0. The average Bonchev–Trinajstić information content (AvgIpc) is 2.66. The Bertz CT molecular complexity index is 275. The van der Waals surface area contributed by atoms with Crippen LogP contribution in [0.5, 0.6) is 0 Å². The topological polar surface area (TPSA) is 55.4 Å². The maximum atomic E-state index is 11.6. The van der Waals surface area contributed by atoms with Crippen molar-refractivity contribution in [1.82, 2.24) is 4.72 Å². The van der Waals surface area contributed by atoms with Crippen molar-refractivity contribution in [3.8, 4) is 0 Å². The van der Waals surface area contributed by atoms with E-state index in [2.05, 4.69) is 4.72 Å². The van der Waals surface area contributed by atoms with E-state index in [1.165, 1.54) is 0 Å². The molecule has 4 nitrogen and oxygen atoms in total. The molecule has 6 heteroatoms. The van der Waals surface area contributed by atoms with Crippen LogP contribution < -0.4 is 4.72 Å². The normalized spacial score (nSPS) is 24.3. The highest BCUT2D eigenvalue weighted by molar-refractivity contribution is 7.89. The van der Waals surface area contributed by atoms with Crippen LogP contribution in [0.3, 0.4) is 0 Å². The van der Waals surface area contributed by atoms with E-state index in [0.29, 0.717) is 19.0 Å². The van der Waals surface area contributed by atoms with E-state index in [4.69, 9.17) is 16.3 Å². The van der Waals surface area contributed by atoms with Gasteiger partial charge in [-0.25, -0.2) is 13.1 Å². The molecular formula is C9H18ClNO3S. The molecule has 0 bridgehead atoms. The predicted octanol–water partition coefficient (Wildman–Crippen LogP) is 0.960. The molecule has 0 spiro atoms. The predicted molar refractivity (Wildman–Crippen MR) is 60.6 cm³/mol. The van der Waals surface area contributed by atoms with Crippen molar-refractivity contribution in [1.29, 1.82) is 0 Å². The van der Waals surface area contributed by atoms with Gasteiger partial charge in [0.1, 0.15) is 0 Å². The number of halogens is 1. The minimum atomic E-state index is -3.20. The van der Waals surface area contributed by atoms with Gasteiger partial charge < -0.3 is 4.74 Å². The zero-order chi connectivity index (χ0) is 11.3. The van der Waals surface area contributed by atoms with Crippen LogP contribution in [-0.2, 0) is 14.8 Å². The van der Waals surface area contributed by atoms with E-state index in [1.54, 1.807) is 0 Å². The third-order valence-corrected chi connectivity index (χ3v) is 4.29. The molecule has 0 aromatic carbocycles. The van der Waals surface area contributed by atoms with Gasteiger partial charge in [-0.05, 0) is 18.8 Å². The number of alkyl halides is 1. The summed E-state index contributed by atoms with van der Waals surface area (Å²) in [6.45, 7) is 2.98. The average molecular weight is 256 g/mol. The summed E-state index contributed by atoms with van der Waals surface area (Å²) in [7, 11) is -3.20. The summed E-state index contributed by atoms with van der Waals surface area (Å²) in [6.07, 6.45) is 1.67. The molecule has 0 aliphatic carbocycles. The molecule has 0 radical (unpaired) electrons. The van der Waals surface area contributed by atoms with Gasteiger partial charge in [0.15, 0.2) is 0 Å². The fourth-order valence-electron chi connectivity index (χ4n) is 1.40. The zero-order valence-corrected chi connectivity index (χ0v) is 10.5. The summed E-state index contributed by atoms with van der Waals surface area (Å²) in [5, 5.41) is 0. The molecule has 1 N–H and O–H groups in total. The Kier molecular flexibility index (Phi) is 5.32. The van der Waals surface area contributed by atoms with Gasteiger partial charge in [0.25, 0.3) is 0 Å². The molecule has 1 heterocycles. The SMILES string of the molecule is CC(CCl)CNS(=O)(=O)CC1CCCO1. The monoisotopic (exact) mass is 255 g/mol. The molecule has 1 fully saturated rings. The molecule has 0 aromatic rings. The molecule has 1 aliphatic rings. The fraction of sp³-hybridized carbons (Fsp3) is 1.00. The Balaban J connectivity index is 2.31. The molecule has 2 unspecified atom stereocenters. The highest BCUT2D eigenvalue weighted by atomic mass is 35.5. The van der Waals surface area contributed by atoms with E-state index in [9.17, 15) is 8.42 Å². The zero-order valence-electron chi connectivity index (χ0n) is 8.91. The smallest absolute Gasteiger partial charge is 0.214 e. The maximum absolute atomic E-state index is 11.6. The molecule has 90 valence electrons. The number of nitrogens with one attached hydrogen (secondary N) is 1. The molecule has 1 rings (SSSR count). The van der Waals surface area contributed by atoms with Crippen molar-refractivity contribution >= 4 is 21.6 Å². The quantitative estimate of drug-likeness (QED) is 0.720. The summed E-state index contributed by atoms with van der Waals surface area (Å²) < 4.78 is 31.0. The summed E-state index contributed by atoms with van der Waals surface area (Å²) in [5.74, 6) is 0.690. The van der Waals surface area contributed by atoms with Crippen molar-refractivity contribution in [2.45, 2.75) is 25.9 Å². The molecule has 1 aliphatic heterocycles. The lowest BCUT2D eigenvalue weighted by Crippen LogP contribution is -2.34. The second kappa shape index (κ2) is 6.03. The molecule has 0 saturated carbocycles. The first-order valence-corrected chi connectivity index (χ1v) is 7.37. The van der Waals surface area contributed by atoms with Gasteiger partial charge >= 0.3 is 0 Å². The number of rotatable bonds is 6.